The molecule has 21 heavy (non-hydrogen) atoms. The molecule has 0 saturated heterocycles. The average Bonchev–Trinajstić information content (AvgIpc) is 2.47. The summed E-state index contributed by atoms with van der Waals surface area (Å²) in [4.78, 5) is 14.9. The summed E-state index contributed by atoms with van der Waals surface area (Å²) in [6.45, 7) is 6.31. The first-order valence-corrected chi connectivity index (χ1v) is 7.95. The predicted molar refractivity (Wildman–Crippen MR) is 88.1 cm³/mol. The van der Waals surface area contributed by atoms with E-state index in [1.165, 1.54) is 12.8 Å². The third-order valence-corrected chi connectivity index (χ3v) is 5.02. The van der Waals surface area contributed by atoms with Gasteiger partial charge in [-0.1, -0.05) is 19.1 Å². The summed E-state index contributed by atoms with van der Waals surface area (Å²) in [5.41, 5.74) is 6.99. The summed E-state index contributed by atoms with van der Waals surface area (Å²) in [6, 6.07) is 8.05. The van der Waals surface area contributed by atoms with Crippen molar-refractivity contribution >= 4 is 11.6 Å². The van der Waals surface area contributed by atoms with Crippen molar-refractivity contribution in [1.29, 1.82) is 0 Å². The first-order valence-electron chi connectivity index (χ1n) is 7.95. The van der Waals surface area contributed by atoms with Crippen LogP contribution in [-0.4, -0.2) is 23.9 Å². The SMILES string of the molecule is CC1CCC(N(C)C(=O)C(C)(C)c2ccc(N)cc2)CC1. The maximum Gasteiger partial charge on any atom is 0.232 e. The molecule has 2 rings (SSSR count). The van der Waals surface area contributed by atoms with Gasteiger partial charge in [-0.15, -0.1) is 0 Å². The standard InChI is InChI=1S/C18H28N2O/c1-13-5-11-16(12-6-13)20(4)17(21)18(2,3)14-7-9-15(19)10-8-14/h7-10,13,16H,5-6,11-12,19H2,1-4H3. The first kappa shape index (κ1) is 15.9. The Morgan fingerprint density at radius 1 is 1.14 bits per heavy atom. The zero-order valence-corrected chi connectivity index (χ0v) is 13.7. The van der Waals surface area contributed by atoms with Crippen LogP contribution in [0.3, 0.4) is 0 Å². The Morgan fingerprint density at radius 2 is 1.67 bits per heavy atom. The number of carbonyl (C=O) groups is 1. The van der Waals surface area contributed by atoms with E-state index in [4.69, 9.17) is 5.73 Å². The van der Waals surface area contributed by atoms with Crippen molar-refractivity contribution in [3.63, 3.8) is 0 Å². The molecule has 2 N–H and O–H groups in total. The van der Waals surface area contributed by atoms with Gasteiger partial charge in [0.1, 0.15) is 0 Å². The molecule has 1 saturated carbocycles. The third kappa shape index (κ3) is 3.39. The number of hydrogen-bond acceptors (Lipinski definition) is 2. The molecule has 1 aliphatic rings. The van der Waals surface area contributed by atoms with E-state index in [1.54, 1.807) is 0 Å². The minimum Gasteiger partial charge on any atom is -0.399 e. The van der Waals surface area contributed by atoms with Gasteiger partial charge < -0.3 is 10.6 Å². The Morgan fingerprint density at radius 3 is 2.19 bits per heavy atom. The zero-order chi connectivity index (χ0) is 15.6. The molecule has 1 amide bonds. The molecule has 1 aromatic rings. The molecular formula is C18H28N2O. The highest BCUT2D eigenvalue weighted by atomic mass is 16.2. The fourth-order valence-electron chi connectivity index (χ4n) is 3.26. The second-order valence-corrected chi connectivity index (χ2v) is 7.08. The molecule has 0 aliphatic heterocycles. The summed E-state index contributed by atoms with van der Waals surface area (Å²) in [7, 11) is 1.96. The lowest BCUT2D eigenvalue weighted by Gasteiger charge is -2.38. The van der Waals surface area contributed by atoms with Gasteiger partial charge in [0, 0.05) is 18.8 Å². The average molecular weight is 288 g/mol. The number of rotatable bonds is 3. The molecule has 116 valence electrons. The van der Waals surface area contributed by atoms with Crippen LogP contribution >= 0.6 is 0 Å². The number of likely N-dealkylation sites (N-methyl/N-ethyl adjacent to an activating group) is 1. The molecule has 0 aromatic heterocycles. The highest BCUT2D eigenvalue weighted by Gasteiger charge is 2.35. The van der Waals surface area contributed by atoms with E-state index < -0.39 is 5.41 Å². The molecule has 1 aromatic carbocycles. The van der Waals surface area contributed by atoms with E-state index in [0.29, 0.717) is 6.04 Å². The fourth-order valence-corrected chi connectivity index (χ4v) is 3.26. The molecule has 0 unspecified atom stereocenters. The number of amides is 1. The molecule has 0 atom stereocenters. The van der Waals surface area contributed by atoms with Gasteiger partial charge in [-0.05, 0) is 63.1 Å². The molecule has 3 heteroatoms. The number of nitrogens with zero attached hydrogens (tertiary/aromatic N) is 1. The van der Waals surface area contributed by atoms with E-state index >= 15 is 0 Å². The summed E-state index contributed by atoms with van der Waals surface area (Å²) < 4.78 is 0. The highest BCUT2D eigenvalue weighted by molar-refractivity contribution is 5.87. The molecule has 0 heterocycles. The van der Waals surface area contributed by atoms with Gasteiger partial charge in [0.05, 0.1) is 5.41 Å². The fraction of sp³-hybridized carbons (Fsp3) is 0.611. The van der Waals surface area contributed by atoms with E-state index in [0.717, 1.165) is 30.0 Å². The normalized spacial score (nSPS) is 22.9. The van der Waals surface area contributed by atoms with Gasteiger partial charge in [-0.2, -0.15) is 0 Å². The molecule has 0 radical (unpaired) electrons. The van der Waals surface area contributed by atoms with Crippen LogP contribution < -0.4 is 5.73 Å². The lowest BCUT2D eigenvalue weighted by atomic mass is 9.81. The lowest BCUT2D eigenvalue weighted by Crippen LogP contribution is -2.47. The third-order valence-electron chi connectivity index (χ3n) is 5.02. The Labute approximate surface area is 128 Å². The van der Waals surface area contributed by atoms with Crippen molar-refractivity contribution in [2.45, 2.75) is 57.9 Å². The van der Waals surface area contributed by atoms with Crippen LogP contribution in [0.1, 0.15) is 52.0 Å². The summed E-state index contributed by atoms with van der Waals surface area (Å²) in [5, 5.41) is 0. The van der Waals surface area contributed by atoms with Crippen LogP contribution in [0.25, 0.3) is 0 Å². The number of benzene rings is 1. The Balaban J connectivity index is 2.11. The van der Waals surface area contributed by atoms with Crippen LogP contribution in [0.5, 0.6) is 0 Å². The molecule has 0 spiro atoms. The van der Waals surface area contributed by atoms with Crippen molar-refractivity contribution in [3.8, 4) is 0 Å². The first-order chi connectivity index (χ1) is 9.82. The minimum atomic E-state index is -0.508. The summed E-state index contributed by atoms with van der Waals surface area (Å²) >= 11 is 0. The Hall–Kier alpha value is -1.51. The zero-order valence-electron chi connectivity index (χ0n) is 13.7. The second kappa shape index (κ2) is 6.08. The van der Waals surface area contributed by atoms with Crippen LogP contribution in [-0.2, 0) is 10.2 Å². The molecule has 0 bridgehead atoms. The van der Waals surface area contributed by atoms with Gasteiger partial charge in [0.25, 0.3) is 0 Å². The van der Waals surface area contributed by atoms with Crippen molar-refractivity contribution in [1.82, 2.24) is 4.90 Å². The largest absolute Gasteiger partial charge is 0.399 e. The van der Waals surface area contributed by atoms with Crippen molar-refractivity contribution < 1.29 is 4.79 Å². The van der Waals surface area contributed by atoms with E-state index in [-0.39, 0.29) is 5.91 Å². The number of hydrogen-bond donors (Lipinski definition) is 1. The second-order valence-electron chi connectivity index (χ2n) is 7.08. The van der Waals surface area contributed by atoms with Gasteiger partial charge in [0.2, 0.25) is 5.91 Å². The maximum atomic E-state index is 12.9. The van der Waals surface area contributed by atoms with E-state index in [1.807, 2.05) is 50.1 Å². The topological polar surface area (TPSA) is 46.3 Å². The maximum absolute atomic E-state index is 12.9. The van der Waals surface area contributed by atoms with Crippen LogP contribution in [0.4, 0.5) is 5.69 Å². The van der Waals surface area contributed by atoms with Gasteiger partial charge in [0.15, 0.2) is 0 Å². The molecule has 1 fully saturated rings. The number of anilines is 1. The number of nitrogen functional groups attached to an aromatic ring is 1. The number of nitrogens with two attached hydrogens (primary N) is 1. The Kier molecular flexibility index (Phi) is 4.60. The van der Waals surface area contributed by atoms with Gasteiger partial charge >= 0.3 is 0 Å². The van der Waals surface area contributed by atoms with Crippen molar-refractivity contribution in [3.05, 3.63) is 29.8 Å². The highest BCUT2D eigenvalue weighted by Crippen LogP contribution is 2.31. The van der Waals surface area contributed by atoms with Crippen LogP contribution in [0.15, 0.2) is 24.3 Å². The lowest BCUT2D eigenvalue weighted by molar-refractivity contribution is -0.137. The van der Waals surface area contributed by atoms with E-state index in [9.17, 15) is 4.79 Å². The van der Waals surface area contributed by atoms with E-state index in [2.05, 4.69) is 6.92 Å². The minimum absolute atomic E-state index is 0.201. The van der Waals surface area contributed by atoms with Crippen LogP contribution in [0, 0.1) is 5.92 Å². The molecule has 3 nitrogen and oxygen atoms in total. The predicted octanol–water partition coefficient (Wildman–Crippen LogP) is 3.58. The quantitative estimate of drug-likeness (QED) is 0.864. The smallest absolute Gasteiger partial charge is 0.232 e. The molecular weight excluding hydrogens is 260 g/mol. The van der Waals surface area contributed by atoms with Crippen molar-refractivity contribution in [2.24, 2.45) is 5.92 Å². The van der Waals surface area contributed by atoms with Crippen molar-refractivity contribution in [2.75, 3.05) is 12.8 Å². The van der Waals surface area contributed by atoms with Gasteiger partial charge in [-0.3, -0.25) is 4.79 Å². The molecule has 1 aliphatic carbocycles. The summed E-state index contributed by atoms with van der Waals surface area (Å²) in [5.74, 6) is 1.00. The van der Waals surface area contributed by atoms with Gasteiger partial charge in [-0.25, -0.2) is 0 Å². The summed E-state index contributed by atoms with van der Waals surface area (Å²) in [6.07, 6.45) is 4.71. The Bertz CT molecular complexity index is 484. The monoisotopic (exact) mass is 288 g/mol. The van der Waals surface area contributed by atoms with Crippen LogP contribution in [0.2, 0.25) is 0 Å². The number of carbonyl (C=O) groups excluding carboxylic acids is 1.